The fraction of sp³-hybridized carbons (Fsp3) is 0.350. The van der Waals surface area contributed by atoms with Crippen molar-refractivity contribution in [3.63, 3.8) is 0 Å². The maximum Gasteiger partial charge on any atom is 0.188 e. The Bertz CT molecular complexity index is 771. The number of nitrogens with two attached hydrogens (primary N) is 1. The van der Waals surface area contributed by atoms with E-state index in [0.29, 0.717) is 18.4 Å². The van der Waals surface area contributed by atoms with E-state index < -0.39 is 0 Å². The number of ether oxygens (including phenoxy) is 1. The van der Waals surface area contributed by atoms with Crippen LogP contribution in [0.2, 0.25) is 0 Å². The number of nitrogens with one attached hydrogen (secondary N) is 1. The van der Waals surface area contributed by atoms with Gasteiger partial charge in [0.25, 0.3) is 0 Å². The van der Waals surface area contributed by atoms with E-state index in [1.165, 1.54) is 12.0 Å². The van der Waals surface area contributed by atoms with E-state index in [-0.39, 0.29) is 0 Å². The van der Waals surface area contributed by atoms with Crippen molar-refractivity contribution in [2.75, 3.05) is 13.7 Å². The van der Waals surface area contributed by atoms with Crippen LogP contribution in [0.5, 0.6) is 5.75 Å². The topological polar surface area (TPSA) is 59.6 Å². The number of para-hydroxylation sites is 1. The Balaban J connectivity index is 1.31. The zero-order valence-electron chi connectivity index (χ0n) is 13.9. The highest BCUT2D eigenvalue weighted by molar-refractivity contribution is 5.78. The third-order valence-corrected chi connectivity index (χ3v) is 5.33. The molecule has 2 aromatic rings. The molecule has 0 spiro atoms. The number of guanidine groups is 1. The summed E-state index contributed by atoms with van der Waals surface area (Å²) in [6.07, 6.45) is 1.21. The minimum Gasteiger partial charge on any atom is -0.496 e. The van der Waals surface area contributed by atoms with Crippen molar-refractivity contribution >= 4 is 5.96 Å². The van der Waals surface area contributed by atoms with E-state index in [4.69, 9.17) is 10.5 Å². The average molecular weight is 321 g/mol. The summed E-state index contributed by atoms with van der Waals surface area (Å²) < 4.78 is 5.34. The van der Waals surface area contributed by atoms with E-state index >= 15 is 0 Å². The summed E-state index contributed by atoms with van der Waals surface area (Å²) in [7, 11) is 1.67. The van der Waals surface area contributed by atoms with Crippen LogP contribution in [0, 0.1) is 11.8 Å². The maximum atomic E-state index is 6.03. The van der Waals surface area contributed by atoms with Crippen molar-refractivity contribution in [3.05, 3.63) is 65.2 Å². The molecule has 2 aromatic carbocycles. The molecule has 3 N–H and O–H groups in total. The molecule has 4 rings (SSSR count). The molecule has 124 valence electrons. The molecule has 0 amide bonds. The number of rotatable bonds is 5. The average Bonchev–Trinajstić information content (AvgIpc) is 3.16. The van der Waals surface area contributed by atoms with E-state index in [1.807, 2.05) is 24.3 Å². The van der Waals surface area contributed by atoms with Crippen molar-refractivity contribution in [1.82, 2.24) is 5.32 Å². The summed E-state index contributed by atoms with van der Waals surface area (Å²) in [5.74, 6) is 3.56. The van der Waals surface area contributed by atoms with E-state index in [2.05, 4.69) is 34.6 Å². The molecule has 0 bridgehead atoms. The summed E-state index contributed by atoms with van der Waals surface area (Å²) in [5, 5.41) is 3.30. The second-order valence-electron chi connectivity index (χ2n) is 6.65. The van der Waals surface area contributed by atoms with Crippen LogP contribution >= 0.6 is 0 Å². The predicted octanol–water partition coefficient (Wildman–Crippen LogP) is 2.69. The van der Waals surface area contributed by atoms with Crippen LogP contribution in [0.3, 0.4) is 0 Å². The fourth-order valence-corrected chi connectivity index (χ4v) is 4.04. The Morgan fingerprint density at radius 2 is 2.00 bits per heavy atom. The third-order valence-electron chi connectivity index (χ3n) is 5.33. The molecule has 3 atom stereocenters. The number of aliphatic imine (C=N–C) groups is 1. The van der Waals surface area contributed by atoms with Gasteiger partial charge in [0.15, 0.2) is 5.96 Å². The van der Waals surface area contributed by atoms with Crippen LogP contribution in [-0.4, -0.2) is 19.6 Å². The first-order chi connectivity index (χ1) is 11.8. The van der Waals surface area contributed by atoms with Gasteiger partial charge in [-0.2, -0.15) is 0 Å². The summed E-state index contributed by atoms with van der Waals surface area (Å²) in [6, 6.07) is 16.7. The lowest BCUT2D eigenvalue weighted by Crippen LogP contribution is -2.33. The number of methoxy groups -OCH3 is 1. The third kappa shape index (κ3) is 2.73. The minimum absolute atomic E-state index is 0.513. The molecule has 0 heterocycles. The van der Waals surface area contributed by atoms with Crippen LogP contribution in [0.25, 0.3) is 0 Å². The smallest absolute Gasteiger partial charge is 0.188 e. The van der Waals surface area contributed by atoms with Crippen LogP contribution in [-0.2, 0) is 13.0 Å². The lowest BCUT2D eigenvalue weighted by atomic mass is 10.0. The van der Waals surface area contributed by atoms with Gasteiger partial charge in [0.2, 0.25) is 0 Å². The first kappa shape index (κ1) is 15.1. The predicted molar refractivity (Wildman–Crippen MR) is 96.2 cm³/mol. The number of benzene rings is 2. The van der Waals surface area contributed by atoms with Gasteiger partial charge in [-0.15, -0.1) is 0 Å². The van der Waals surface area contributed by atoms with Crippen LogP contribution < -0.4 is 15.8 Å². The standard InChI is InChI=1S/C20H23N3O/c1-24-18-9-5-3-7-14(18)11-22-20(21)23-12-17-16-10-13-6-2-4-8-15(13)19(16)17/h2-9,16-17,19H,10-12H2,1H3,(H3,21,22,23). The monoisotopic (exact) mass is 321 g/mol. The van der Waals surface area contributed by atoms with Gasteiger partial charge in [-0.25, -0.2) is 4.99 Å². The molecule has 4 heteroatoms. The molecular formula is C20H23N3O. The Labute approximate surface area is 142 Å². The number of hydrogen-bond donors (Lipinski definition) is 2. The Hall–Kier alpha value is -2.49. The zero-order chi connectivity index (χ0) is 16.5. The Morgan fingerprint density at radius 1 is 1.21 bits per heavy atom. The normalized spacial score (nSPS) is 24.2. The summed E-state index contributed by atoms with van der Waals surface area (Å²) in [4.78, 5) is 4.44. The van der Waals surface area contributed by atoms with Crippen molar-refractivity contribution in [1.29, 1.82) is 0 Å². The number of nitrogens with zero attached hydrogens (tertiary/aromatic N) is 1. The largest absolute Gasteiger partial charge is 0.496 e. The number of hydrogen-bond acceptors (Lipinski definition) is 2. The molecule has 0 radical (unpaired) electrons. The highest BCUT2D eigenvalue weighted by Gasteiger charge is 2.54. The molecule has 3 unspecified atom stereocenters. The summed E-state index contributed by atoms with van der Waals surface area (Å²) in [6.45, 7) is 1.44. The molecule has 1 fully saturated rings. The molecule has 1 saturated carbocycles. The zero-order valence-corrected chi connectivity index (χ0v) is 13.9. The van der Waals surface area contributed by atoms with Crippen LogP contribution in [0.15, 0.2) is 53.5 Å². The quantitative estimate of drug-likeness (QED) is 0.657. The Morgan fingerprint density at radius 3 is 2.88 bits per heavy atom. The first-order valence-corrected chi connectivity index (χ1v) is 8.51. The highest BCUT2D eigenvalue weighted by Crippen LogP contribution is 2.60. The molecule has 0 aliphatic heterocycles. The second kappa shape index (κ2) is 6.19. The van der Waals surface area contributed by atoms with E-state index in [1.54, 1.807) is 12.7 Å². The van der Waals surface area contributed by atoms with Gasteiger partial charge in [0, 0.05) is 12.1 Å². The van der Waals surface area contributed by atoms with Crippen LogP contribution in [0.4, 0.5) is 0 Å². The molecule has 24 heavy (non-hydrogen) atoms. The molecule has 4 nitrogen and oxygen atoms in total. The van der Waals surface area contributed by atoms with Crippen molar-refractivity contribution in [2.24, 2.45) is 22.6 Å². The van der Waals surface area contributed by atoms with Gasteiger partial charge in [0.1, 0.15) is 5.75 Å². The maximum absolute atomic E-state index is 6.03. The van der Waals surface area contributed by atoms with Crippen molar-refractivity contribution in [3.8, 4) is 5.75 Å². The number of fused-ring (bicyclic) bond motifs is 3. The highest BCUT2D eigenvalue weighted by atomic mass is 16.5. The van der Waals surface area contributed by atoms with Gasteiger partial charge in [-0.1, -0.05) is 42.5 Å². The van der Waals surface area contributed by atoms with Gasteiger partial charge >= 0.3 is 0 Å². The lowest BCUT2D eigenvalue weighted by molar-refractivity contribution is 0.410. The van der Waals surface area contributed by atoms with Crippen molar-refractivity contribution in [2.45, 2.75) is 18.9 Å². The summed E-state index contributed by atoms with van der Waals surface area (Å²) in [5.41, 5.74) is 10.1. The van der Waals surface area contributed by atoms with Crippen molar-refractivity contribution < 1.29 is 4.74 Å². The molecule has 0 aromatic heterocycles. The fourth-order valence-electron chi connectivity index (χ4n) is 4.04. The Kier molecular flexibility index (Phi) is 3.89. The van der Waals surface area contributed by atoms with E-state index in [0.717, 1.165) is 29.7 Å². The molecular weight excluding hydrogens is 298 g/mol. The van der Waals surface area contributed by atoms with Gasteiger partial charge in [-0.05, 0) is 41.4 Å². The SMILES string of the molecule is COc1ccccc1CN=C(N)NCC1C2Cc3ccccc3C12. The second-order valence-corrected chi connectivity index (χ2v) is 6.65. The molecule has 2 aliphatic rings. The first-order valence-electron chi connectivity index (χ1n) is 8.51. The van der Waals surface area contributed by atoms with Crippen LogP contribution in [0.1, 0.15) is 22.6 Å². The molecule has 0 saturated heterocycles. The minimum atomic E-state index is 0.513. The van der Waals surface area contributed by atoms with Gasteiger partial charge in [-0.3, -0.25) is 0 Å². The van der Waals surface area contributed by atoms with E-state index in [9.17, 15) is 0 Å². The molecule has 2 aliphatic carbocycles. The summed E-state index contributed by atoms with van der Waals surface area (Å²) >= 11 is 0. The lowest BCUT2D eigenvalue weighted by Gasteiger charge is -2.10. The van der Waals surface area contributed by atoms with Gasteiger partial charge in [0.05, 0.1) is 13.7 Å². The van der Waals surface area contributed by atoms with Gasteiger partial charge < -0.3 is 15.8 Å².